The highest BCUT2D eigenvalue weighted by Crippen LogP contribution is 2.14. The van der Waals surface area contributed by atoms with Gasteiger partial charge in [0.1, 0.15) is 0 Å². The molecule has 0 spiro atoms. The van der Waals surface area contributed by atoms with Crippen molar-refractivity contribution in [2.45, 2.75) is 6.92 Å². The third-order valence-corrected chi connectivity index (χ3v) is 1.72. The molecule has 12 heavy (non-hydrogen) atoms. The van der Waals surface area contributed by atoms with Gasteiger partial charge in [-0.05, 0) is 18.6 Å². The van der Waals surface area contributed by atoms with Crippen LogP contribution < -0.4 is 5.73 Å². The zero-order chi connectivity index (χ0) is 8.97. The van der Waals surface area contributed by atoms with Gasteiger partial charge in [0.25, 0.3) is 0 Å². The molecule has 1 aromatic rings. The first-order chi connectivity index (χ1) is 5.75. The molecular weight excluding hydrogens is 170 g/mol. The molecule has 2 N–H and O–H groups in total. The first-order valence-corrected chi connectivity index (χ1v) is 4.19. The van der Waals surface area contributed by atoms with Gasteiger partial charge in [0.2, 0.25) is 0 Å². The van der Waals surface area contributed by atoms with Gasteiger partial charge in [0, 0.05) is 5.69 Å². The highest BCUT2D eigenvalue weighted by molar-refractivity contribution is 6.19. The molecule has 62 valence electrons. The van der Waals surface area contributed by atoms with E-state index < -0.39 is 0 Å². The molecule has 0 bridgehead atoms. The first kappa shape index (κ1) is 8.96. The number of nitrogens with two attached hydrogens (primary N) is 1. The fourth-order valence-corrected chi connectivity index (χ4v) is 1.05. The number of anilines is 1. The van der Waals surface area contributed by atoms with Gasteiger partial charge >= 0.3 is 0 Å². The number of nitrogen functional groups attached to an aromatic ring is 1. The molecule has 0 atom stereocenters. The third kappa shape index (κ3) is 1.93. The molecule has 0 saturated carbocycles. The Morgan fingerprint density at radius 2 is 2.25 bits per heavy atom. The summed E-state index contributed by atoms with van der Waals surface area (Å²) in [7, 11) is 0. The molecule has 0 aliphatic heterocycles. The predicted molar refractivity (Wildman–Crippen MR) is 53.2 cm³/mol. The van der Waals surface area contributed by atoms with Gasteiger partial charge in [-0.15, -0.1) is 11.6 Å². The predicted octanol–water partition coefficient (Wildman–Crippen LogP) is 2.17. The van der Waals surface area contributed by atoms with Crippen molar-refractivity contribution in [1.29, 1.82) is 0 Å². The van der Waals surface area contributed by atoms with Gasteiger partial charge < -0.3 is 5.73 Å². The summed E-state index contributed by atoms with van der Waals surface area (Å²) in [5.74, 6) is 6.05. The van der Waals surface area contributed by atoms with Crippen molar-refractivity contribution in [3.05, 3.63) is 29.3 Å². The monoisotopic (exact) mass is 179 g/mol. The smallest absolute Gasteiger partial charge is 0.0839 e. The molecule has 0 aromatic heterocycles. The maximum atomic E-state index is 5.72. The van der Waals surface area contributed by atoms with Crippen molar-refractivity contribution in [2.75, 3.05) is 11.6 Å². The molecule has 1 rings (SSSR count). The molecule has 0 saturated heterocycles. The second-order valence-corrected chi connectivity index (χ2v) is 2.74. The molecule has 1 aromatic carbocycles. The number of benzene rings is 1. The minimum atomic E-state index is 0.341. The summed E-state index contributed by atoms with van der Waals surface area (Å²) in [4.78, 5) is 0. The van der Waals surface area contributed by atoms with Gasteiger partial charge in [-0.2, -0.15) is 0 Å². The highest BCUT2D eigenvalue weighted by Gasteiger charge is 1.96. The van der Waals surface area contributed by atoms with Gasteiger partial charge in [0.15, 0.2) is 0 Å². The van der Waals surface area contributed by atoms with Crippen molar-refractivity contribution in [3.63, 3.8) is 0 Å². The largest absolute Gasteiger partial charge is 0.398 e. The molecule has 0 unspecified atom stereocenters. The number of halogens is 1. The van der Waals surface area contributed by atoms with Crippen LogP contribution in [0.2, 0.25) is 0 Å². The summed E-state index contributed by atoms with van der Waals surface area (Å²) < 4.78 is 0. The average Bonchev–Trinajstić information content (AvgIpc) is 2.04. The molecule has 0 amide bonds. The van der Waals surface area contributed by atoms with Gasteiger partial charge in [-0.25, -0.2) is 0 Å². The van der Waals surface area contributed by atoms with Crippen molar-refractivity contribution < 1.29 is 0 Å². The second-order valence-electron chi connectivity index (χ2n) is 2.47. The summed E-state index contributed by atoms with van der Waals surface area (Å²) in [5.41, 5.74) is 8.41. The van der Waals surface area contributed by atoms with E-state index >= 15 is 0 Å². The molecule has 2 heteroatoms. The van der Waals surface area contributed by atoms with Crippen LogP contribution in [0.3, 0.4) is 0 Å². The van der Waals surface area contributed by atoms with E-state index in [1.807, 2.05) is 25.1 Å². The Hall–Kier alpha value is -1.13. The van der Waals surface area contributed by atoms with E-state index in [2.05, 4.69) is 11.8 Å². The topological polar surface area (TPSA) is 26.0 Å². The van der Waals surface area contributed by atoms with Crippen LogP contribution in [0, 0.1) is 18.8 Å². The van der Waals surface area contributed by atoms with Gasteiger partial charge in [-0.3, -0.25) is 0 Å². The normalized spacial score (nSPS) is 8.83. The van der Waals surface area contributed by atoms with Crippen molar-refractivity contribution in [3.8, 4) is 11.8 Å². The van der Waals surface area contributed by atoms with Crippen LogP contribution in [0.25, 0.3) is 0 Å². The van der Waals surface area contributed by atoms with Crippen molar-refractivity contribution in [1.82, 2.24) is 0 Å². The Morgan fingerprint density at radius 3 is 2.83 bits per heavy atom. The number of rotatable bonds is 0. The molecular formula is C10H10ClN. The number of aryl methyl sites for hydroxylation is 1. The van der Waals surface area contributed by atoms with Crippen LogP contribution in [-0.4, -0.2) is 5.88 Å². The zero-order valence-corrected chi connectivity index (χ0v) is 7.65. The minimum Gasteiger partial charge on any atom is -0.398 e. The lowest BCUT2D eigenvalue weighted by atomic mass is 10.1. The summed E-state index contributed by atoms with van der Waals surface area (Å²) in [6.07, 6.45) is 0. The Morgan fingerprint density at radius 1 is 1.50 bits per heavy atom. The van der Waals surface area contributed by atoms with Gasteiger partial charge in [-0.1, -0.05) is 24.0 Å². The van der Waals surface area contributed by atoms with E-state index in [1.165, 1.54) is 0 Å². The lowest BCUT2D eigenvalue weighted by Gasteiger charge is -2.00. The van der Waals surface area contributed by atoms with E-state index in [0.717, 1.165) is 11.1 Å². The Bertz CT molecular complexity index is 313. The zero-order valence-electron chi connectivity index (χ0n) is 6.89. The van der Waals surface area contributed by atoms with Crippen LogP contribution in [0.15, 0.2) is 18.2 Å². The maximum Gasteiger partial charge on any atom is 0.0839 e. The Labute approximate surface area is 77.5 Å². The molecule has 0 heterocycles. The van der Waals surface area contributed by atoms with E-state index in [-0.39, 0.29) is 0 Å². The summed E-state index contributed by atoms with van der Waals surface area (Å²) >= 11 is 5.44. The summed E-state index contributed by atoms with van der Waals surface area (Å²) in [5, 5.41) is 0. The van der Waals surface area contributed by atoms with Crippen LogP contribution in [0.5, 0.6) is 0 Å². The Kier molecular flexibility index (Phi) is 3.01. The fourth-order valence-electron chi connectivity index (χ4n) is 0.983. The van der Waals surface area contributed by atoms with Crippen LogP contribution >= 0.6 is 11.6 Å². The molecule has 0 aliphatic carbocycles. The van der Waals surface area contributed by atoms with Gasteiger partial charge in [0.05, 0.1) is 11.4 Å². The van der Waals surface area contributed by atoms with E-state index in [1.54, 1.807) is 0 Å². The highest BCUT2D eigenvalue weighted by atomic mass is 35.5. The summed E-state index contributed by atoms with van der Waals surface area (Å²) in [6, 6.07) is 5.73. The van der Waals surface area contributed by atoms with E-state index in [0.29, 0.717) is 11.6 Å². The molecule has 0 radical (unpaired) electrons. The number of alkyl halides is 1. The fraction of sp³-hybridized carbons (Fsp3) is 0.200. The lowest BCUT2D eigenvalue weighted by Crippen LogP contribution is -1.92. The molecule has 0 aliphatic rings. The average molecular weight is 180 g/mol. The number of hydrogen-bond acceptors (Lipinski definition) is 1. The van der Waals surface area contributed by atoms with Crippen LogP contribution in [0.4, 0.5) is 5.69 Å². The first-order valence-electron chi connectivity index (χ1n) is 3.65. The molecule has 1 nitrogen and oxygen atoms in total. The second kappa shape index (κ2) is 4.04. The molecule has 0 fully saturated rings. The standard InChI is InChI=1S/C10H10ClN/c1-8-4-2-6-10(12)9(8)5-3-7-11/h2,4,6H,7,12H2,1H3. The SMILES string of the molecule is Cc1cccc(N)c1C#CCCl. The number of hydrogen-bond donors (Lipinski definition) is 1. The van der Waals surface area contributed by atoms with Crippen LogP contribution in [-0.2, 0) is 0 Å². The van der Waals surface area contributed by atoms with E-state index in [4.69, 9.17) is 17.3 Å². The van der Waals surface area contributed by atoms with Crippen molar-refractivity contribution >= 4 is 17.3 Å². The quantitative estimate of drug-likeness (QED) is 0.369. The minimum absolute atomic E-state index is 0.341. The Balaban J connectivity index is 3.13. The van der Waals surface area contributed by atoms with E-state index in [9.17, 15) is 0 Å². The maximum absolute atomic E-state index is 5.72. The third-order valence-electron chi connectivity index (χ3n) is 1.59. The summed E-state index contributed by atoms with van der Waals surface area (Å²) in [6.45, 7) is 1.98. The lowest BCUT2D eigenvalue weighted by molar-refractivity contribution is 1.44. The van der Waals surface area contributed by atoms with Crippen LogP contribution in [0.1, 0.15) is 11.1 Å². The van der Waals surface area contributed by atoms with Crippen molar-refractivity contribution in [2.24, 2.45) is 0 Å².